The second kappa shape index (κ2) is 8.10. The van der Waals surface area contributed by atoms with Crippen LogP contribution in [-0.2, 0) is 4.79 Å². The SMILES string of the molecule is CC(C)(C)C(=O)C(PP)(P(P)P)P(P)PP. The molecule has 0 aromatic carbocycles. The average molecular weight is 388 g/mol. The van der Waals surface area contributed by atoms with Gasteiger partial charge in [-0.1, -0.05) is 37.0 Å². The summed E-state index contributed by atoms with van der Waals surface area (Å²) in [5.74, 6) is 0.417. The van der Waals surface area contributed by atoms with Crippen LogP contribution in [0.15, 0.2) is 0 Å². The van der Waals surface area contributed by atoms with E-state index in [-0.39, 0.29) is 17.4 Å². The number of ketones is 1. The minimum atomic E-state index is -0.420. The number of Topliss-reactive ketones (excluding diaryl/α,β-unsaturated/α-hetero) is 1. The van der Waals surface area contributed by atoms with Crippen molar-refractivity contribution in [1.29, 1.82) is 0 Å². The summed E-state index contributed by atoms with van der Waals surface area (Å²) >= 11 is 0. The third-order valence-corrected chi connectivity index (χ3v) is 28.6. The molecular weight excluding hydrogens is 367 g/mol. The van der Waals surface area contributed by atoms with Gasteiger partial charge in [-0.3, -0.25) is 4.79 Å². The van der Waals surface area contributed by atoms with E-state index < -0.39 is 7.30 Å². The van der Waals surface area contributed by atoms with Crippen LogP contribution in [0.4, 0.5) is 0 Å². The summed E-state index contributed by atoms with van der Waals surface area (Å²) < 4.78 is -0.145. The molecule has 0 fully saturated rings. The molecule has 16 heavy (non-hydrogen) atoms. The highest BCUT2D eigenvalue weighted by Crippen LogP contribution is 2.91. The molecule has 0 aromatic rings. The van der Waals surface area contributed by atoms with E-state index in [4.69, 9.17) is 0 Å². The summed E-state index contributed by atoms with van der Waals surface area (Å²) in [5, 5.41) is 0. The summed E-state index contributed by atoms with van der Waals surface area (Å²) in [6.45, 7) is 6.09. The monoisotopic (exact) mass is 388 g/mol. The molecule has 0 aromatic heterocycles. The summed E-state index contributed by atoms with van der Waals surface area (Å²) in [4.78, 5) is 12.7. The lowest BCUT2D eigenvalue weighted by atomic mass is 9.92. The molecule has 0 bridgehead atoms. The summed E-state index contributed by atoms with van der Waals surface area (Å²) in [5.41, 5.74) is -0.251. The molecule has 0 spiro atoms. The van der Waals surface area contributed by atoms with E-state index in [1.165, 1.54) is 0 Å². The first-order valence-electron chi connectivity index (χ1n) is 4.48. The van der Waals surface area contributed by atoms with E-state index in [1.807, 2.05) is 20.8 Å². The fourth-order valence-electron chi connectivity index (χ4n) is 1.18. The van der Waals surface area contributed by atoms with Gasteiger partial charge < -0.3 is 0 Å². The van der Waals surface area contributed by atoms with Gasteiger partial charge >= 0.3 is 0 Å². The van der Waals surface area contributed by atoms with Gasteiger partial charge in [-0.15, -0.1) is 44.6 Å². The van der Waals surface area contributed by atoms with Crippen LogP contribution in [0.1, 0.15) is 20.8 Å². The zero-order valence-electron chi connectivity index (χ0n) is 9.69. The maximum Gasteiger partial charge on any atom is 0.158 e. The molecule has 9 atom stereocenters. The zero-order valence-corrected chi connectivity index (χ0v) is 19.3. The van der Waals surface area contributed by atoms with E-state index in [0.717, 1.165) is 7.96 Å². The molecule has 1 nitrogen and oxygen atoms in total. The van der Waals surface area contributed by atoms with Crippen molar-refractivity contribution in [2.45, 2.75) is 25.4 Å². The molecule has 0 rings (SSSR count). The first-order chi connectivity index (χ1) is 7.14. The fraction of sp³-hybridized carbons (Fsp3) is 0.833. The first-order valence-corrected chi connectivity index (χ1v) is 18.5. The number of hydrogen-bond acceptors (Lipinski definition) is 1. The lowest BCUT2D eigenvalue weighted by Gasteiger charge is -2.43. The van der Waals surface area contributed by atoms with Gasteiger partial charge in [0.2, 0.25) is 0 Å². The normalized spacial score (nSPS) is 19.8. The van der Waals surface area contributed by atoms with Crippen LogP contribution >= 0.6 is 75.5 Å². The van der Waals surface area contributed by atoms with Gasteiger partial charge in [0.05, 0.1) is 0 Å². The molecule has 9 unspecified atom stereocenters. The molecule has 0 saturated carbocycles. The minimum absolute atomic E-state index is 0.145. The third-order valence-electron chi connectivity index (χ3n) is 2.06. The zero-order chi connectivity index (χ0) is 13.1. The molecule has 0 aliphatic carbocycles. The molecule has 0 heterocycles. The second-order valence-corrected chi connectivity index (χ2v) is 23.3. The van der Waals surface area contributed by atoms with E-state index in [1.54, 1.807) is 0 Å². The topological polar surface area (TPSA) is 17.1 Å². The standard InChI is InChI=1S/C6H21OP9/c1-5(2,3)4(7)6(13-8,15(10)11)16(12)14-9/h13-14H,8-12H2,1-3H3. The maximum atomic E-state index is 12.7. The lowest BCUT2D eigenvalue weighted by Crippen LogP contribution is -2.35. The molecule has 0 saturated heterocycles. The Bertz CT molecular complexity index is 249. The van der Waals surface area contributed by atoms with Crippen LogP contribution in [-0.4, -0.2) is 10.4 Å². The van der Waals surface area contributed by atoms with E-state index in [0.29, 0.717) is 14.1 Å². The van der Waals surface area contributed by atoms with Crippen LogP contribution in [0.25, 0.3) is 0 Å². The Balaban J connectivity index is 5.47. The largest absolute Gasteiger partial charge is 0.297 e. The third kappa shape index (κ3) is 4.53. The van der Waals surface area contributed by atoms with Gasteiger partial charge in [0.15, 0.2) is 5.78 Å². The van der Waals surface area contributed by atoms with Gasteiger partial charge in [0.1, 0.15) is 4.64 Å². The van der Waals surface area contributed by atoms with Crippen LogP contribution in [0.5, 0.6) is 0 Å². The van der Waals surface area contributed by atoms with Gasteiger partial charge in [0.25, 0.3) is 0 Å². The molecule has 0 aliphatic rings. The van der Waals surface area contributed by atoms with Crippen molar-refractivity contribution in [3.05, 3.63) is 0 Å². The smallest absolute Gasteiger partial charge is 0.158 e. The molecule has 0 N–H and O–H groups in total. The maximum absolute atomic E-state index is 12.7. The van der Waals surface area contributed by atoms with Crippen molar-refractivity contribution in [1.82, 2.24) is 0 Å². The van der Waals surface area contributed by atoms with Crippen molar-refractivity contribution < 1.29 is 4.79 Å². The van der Waals surface area contributed by atoms with Crippen molar-refractivity contribution in [2.24, 2.45) is 5.41 Å². The summed E-state index contributed by atoms with van der Waals surface area (Å²) in [6.07, 6.45) is 0. The Labute approximate surface area is 117 Å². The molecular formula is C6H21OP9. The van der Waals surface area contributed by atoms with Crippen LogP contribution in [0, 0.1) is 5.41 Å². The van der Waals surface area contributed by atoms with Crippen molar-refractivity contribution in [3.63, 3.8) is 0 Å². The molecule has 0 radical (unpaired) electrons. The summed E-state index contributed by atoms with van der Waals surface area (Å²) in [6, 6.07) is 0. The van der Waals surface area contributed by atoms with Gasteiger partial charge in [-0.2, -0.15) is 0 Å². The quantitative estimate of drug-likeness (QED) is 0.574. The lowest BCUT2D eigenvalue weighted by molar-refractivity contribution is -0.125. The van der Waals surface area contributed by atoms with Gasteiger partial charge in [0, 0.05) is 5.41 Å². The van der Waals surface area contributed by atoms with E-state index in [2.05, 4.69) is 44.6 Å². The fourth-order valence-corrected chi connectivity index (χ4v) is 31.8. The highest BCUT2D eigenvalue weighted by atomic mass is 32.6. The van der Waals surface area contributed by atoms with E-state index in [9.17, 15) is 4.79 Å². The van der Waals surface area contributed by atoms with Gasteiger partial charge in [-0.25, -0.2) is 0 Å². The van der Waals surface area contributed by atoms with Crippen LogP contribution in [0.3, 0.4) is 0 Å². The Hall–Kier alpha value is 3.54. The highest BCUT2D eigenvalue weighted by molar-refractivity contribution is 8.67. The van der Waals surface area contributed by atoms with Gasteiger partial charge in [-0.05, 0) is 14.6 Å². The molecule has 0 aliphatic heterocycles. The van der Waals surface area contributed by atoms with Crippen molar-refractivity contribution in [2.75, 3.05) is 0 Å². The first kappa shape index (κ1) is 19.5. The Morgan fingerprint density at radius 2 is 1.56 bits per heavy atom. The highest BCUT2D eigenvalue weighted by Gasteiger charge is 2.48. The average Bonchev–Trinajstić information content (AvgIpc) is 2.17. The predicted molar refractivity (Wildman–Crippen MR) is 106 cm³/mol. The number of carbonyl (C=O) groups is 1. The van der Waals surface area contributed by atoms with Crippen LogP contribution < -0.4 is 0 Å². The number of hydrogen-bond donors (Lipinski definition) is 0. The number of carbonyl (C=O) groups excluding carboxylic acids is 1. The predicted octanol–water partition coefficient (Wildman–Crippen LogP) is 5.44. The van der Waals surface area contributed by atoms with Crippen molar-refractivity contribution >= 4 is 81.3 Å². The van der Waals surface area contributed by atoms with E-state index >= 15 is 0 Å². The molecule has 0 amide bonds. The number of rotatable bonds is 5. The van der Waals surface area contributed by atoms with Crippen LogP contribution in [0.2, 0.25) is 0 Å². The Morgan fingerprint density at radius 1 is 1.12 bits per heavy atom. The molecule has 10 heteroatoms. The molecule has 96 valence electrons. The Kier molecular flexibility index (Phi) is 9.89. The minimum Gasteiger partial charge on any atom is -0.297 e. The Morgan fingerprint density at radius 3 is 1.75 bits per heavy atom. The summed E-state index contributed by atoms with van der Waals surface area (Å²) in [7, 11) is 14.9. The van der Waals surface area contributed by atoms with Crippen molar-refractivity contribution in [3.8, 4) is 0 Å². The second-order valence-electron chi connectivity index (χ2n) is 4.30.